The summed E-state index contributed by atoms with van der Waals surface area (Å²) in [5.41, 5.74) is 1.24. The highest BCUT2D eigenvalue weighted by molar-refractivity contribution is 5.76. The van der Waals surface area contributed by atoms with Gasteiger partial charge in [0, 0.05) is 19.5 Å². The Bertz CT molecular complexity index is 332. The van der Waals surface area contributed by atoms with Gasteiger partial charge in [-0.05, 0) is 24.8 Å². The van der Waals surface area contributed by atoms with Crippen molar-refractivity contribution in [1.29, 1.82) is 0 Å². The average Bonchev–Trinajstić information content (AvgIpc) is 2.34. The molecule has 0 aliphatic heterocycles. The Morgan fingerprint density at radius 2 is 1.88 bits per heavy atom. The second-order valence-electron chi connectivity index (χ2n) is 4.81. The monoisotopic (exact) mass is 233 g/mol. The smallest absolute Gasteiger partial charge is 0.222 e. The molecule has 1 amide bonds. The normalized spacial score (nSPS) is 10.6. The number of hydrogen-bond donors (Lipinski definition) is 0. The summed E-state index contributed by atoms with van der Waals surface area (Å²) in [5, 5.41) is 0. The van der Waals surface area contributed by atoms with Crippen LogP contribution in [0.2, 0.25) is 0 Å². The van der Waals surface area contributed by atoms with Gasteiger partial charge in [-0.3, -0.25) is 4.79 Å². The van der Waals surface area contributed by atoms with Crippen LogP contribution in [0.15, 0.2) is 30.3 Å². The summed E-state index contributed by atoms with van der Waals surface area (Å²) in [4.78, 5) is 14.0. The lowest BCUT2D eigenvalue weighted by Crippen LogP contribution is -2.34. The highest BCUT2D eigenvalue weighted by Crippen LogP contribution is 2.06. The first kappa shape index (κ1) is 13.8. The summed E-state index contributed by atoms with van der Waals surface area (Å²) >= 11 is 0. The van der Waals surface area contributed by atoms with Crippen molar-refractivity contribution in [3.8, 4) is 0 Å². The van der Waals surface area contributed by atoms with Gasteiger partial charge in [0.25, 0.3) is 0 Å². The molecule has 1 aromatic rings. The van der Waals surface area contributed by atoms with E-state index in [-0.39, 0.29) is 5.91 Å². The first-order valence-corrected chi connectivity index (χ1v) is 6.45. The minimum Gasteiger partial charge on any atom is -0.343 e. The molecule has 0 unspecified atom stereocenters. The molecule has 0 aromatic heterocycles. The lowest BCUT2D eigenvalue weighted by atomic mass is 10.1. The van der Waals surface area contributed by atoms with Crippen LogP contribution in [0.3, 0.4) is 0 Å². The van der Waals surface area contributed by atoms with Gasteiger partial charge in [-0.1, -0.05) is 44.2 Å². The topological polar surface area (TPSA) is 20.3 Å². The van der Waals surface area contributed by atoms with Crippen molar-refractivity contribution in [1.82, 2.24) is 4.90 Å². The van der Waals surface area contributed by atoms with Crippen molar-refractivity contribution in [2.75, 3.05) is 13.1 Å². The third kappa shape index (κ3) is 5.03. The minimum atomic E-state index is 0.269. The standard InChI is InChI=1S/C15H23NO/c1-4-16(12-13(2)3)15(17)11-10-14-8-6-5-7-9-14/h5-9,13H,4,10-12H2,1-3H3. The number of rotatable bonds is 6. The van der Waals surface area contributed by atoms with E-state index in [4.69, 9.17) is 0 Å². The van der Waals surface area contributed by atoms with Crippen LogP contribution in [0.5, 0.6) is 0 Å². The lowest BCUT2D eigenvalue weighted by molar-refractivity contribution is -0.131. The fourth-order valence-electron chi connectivity index (χ4n) is 1.90. The highest BCUT2D eigenvalue weighted by Gasteiger charge is 2.12. The average molecular weight is 233 g/mol. The Hall–Kier alpha value is -1.31. The third-order valence-electron chi connectivity index (χ3n) is 2.79. The fourth-order valence-corrected chi connectivity index (χ4v) is 1.90. The van der Waals surface area contributed by atoms with Crippen LogP contribution in [-0.2, 0) is 11.2 Å². The highest BCUT2D eigenvalue weighted by atomic mass is 16.2. The zero-order valence-corrected chi connectivity index (χ0v) is 11.1. The van der Waals surface area contributed by atoms with E-state index in [1.54, 1.807) is 0 Å². The summed E-state index contributed by atoms with van der Waals surface area (Å²) in [6.07, 6.45) is 1.46. The van der Waals surface area contributed by atoms with Gasteiger partial charge in [0.15, 0.2) is 0 Å². The first-order chi connectivity index (χ1) is 8.13. The molecule has 0 aliphatic rings. The van der Waals surface area contributed by atoms with Gasteiger partial charge < -0.3 is 4.90 Å². The molecule has 0 fully saturated rings. The molecule has 0 bridgehead atoms. The first-order valence-electron chi connectivity index (χ1n) is 6.45. The predicted molar refractivity (Wildman–Crippen MR) is 71.9 cm³/mol. The van der Waals surface area contributed by atoms with E-state index >= 15 is 0 Å². The molecule has 17 heavy (non-hydrogen) atoms. The molecule has 94 valence electrons. The second kappa shape index (κ2) is 7.10. The Balaban J connectivity index is 2.42. The number of carbonyl (C=O) groups excluding carboxylic acids is 1. The molecule has 0 atom stereocenters. The van der Waals surface area contributed by atoms with Crippen LogP contribution in [0.4, 0.5) is 0 Å². The van der Waals surface area contributed by atoms with Crippen molar-refractivity contribution >= 4 is 5.91 Å². The van der Waals surface area contributed by atoms with Crippen LogP contribution >= 0.6 is 0 Å². The fraction of sp³-hybridized carbons (Fsp3) is 0.533. The quantitative estimate of drug-likeness (QED) is 0.739. The van der Waals surface area contributed by atoms with Gasteiger partial charge in [0.1, 0.15) is 0 Å². The maximum absolute atomic E-state index is 12.0. The molecule has 0 saturated heterocycles. The summed E-state index contributed by atoms with van der Waals surface area (Å²) in [6.45, 7) is 8.01. The maximum Gasteiger partial charge on any atom is 0.222 e. The summed E-state index contributed by atoms with van der Waals surface area (Å²) in [6, 6.07) is 10.2. The van der Waals surface area contributed by atoms with Crippen LogP contribution in [0.25, 0.3) is 0 Å². The second-order valence-corrected chi connectivity index (χ2v) is 4.81. The minimum absolute atomic E-state index is 0.269. The molecule has 0 heterocycles. The zero-order chi connectivity index (χ0) is 12.7. The third-order valence-corrected chi connectivity index (χ3v) is 2.79. The molecular weight excluding hydrogens is 210 g/mol. The van der Waals surface area contributed by atoms with E-state index in [0.29, 0.717) is 12.3 Å². The molecule has 0 aliphatic carbocycles. The van der Waals surface area contributed by atoms with Crippen LogP contribution in [0.1, 0.15) is 32.8 Å². The SMILES string of the molecule is CCN(CC(C)C)C(=O)CCc1ccccc1. The van der Waals surface area contributed by atoms with E-state index < -0.39 is 0 Å². The Kier molecular flexibility index (Phi) is 5.75. The summed E-state index contributed by atoms with van der Waals surface area (Å²) < 4.78 is 0. The molecular formula is C15H23NO. The van der Waals surface area contributed by atoms with E-state index in [9.17, 15) is 4.79 Å². The molecule has 2 nitrogen and oxygen atoms in total. The maximum atomic E-state index is 12.0. The summed E-state index contributed by atoms with van der Waals surface area (Å²) in [5.74, 6) is 0.806. The van der Waals surface area contributed by atoms with Gasteiger partial charge in [-0.25, -0.2) is 0 Å². The molecule has 0 radical (unpaired) electrons. The Labute approximate surface area is 105 Å². The number of nitrogens with zero attached hydrogens (tertiary/aromatic N) is 1. The number of aryl methyl sites for hydroxylation is 1. The van der Waals surface area contributed by atoms with E-state index in [1.165, 1.54) is 5.56 Å². The van der Waals surface area contributed by atoms with Crippen molar-refractivity contribution in [2.24, 2.45) is 5.92 Å². The zero-order valence-electron chi connectivity index (χ0n) is 11.1. The molecule has 1 rings (SSSR count). The number of benzene rings is 1. The van der Waals surface area contributed by atoms with Gasteiger partial charge in [0.05, 0.1) is 0 Å². The van der Waals surface area contributed by atoms with Crippen molar-refractivity contribution in [2.45, 2.75) is 33.6 Å². The lowest BCUT2D eigenvalue weighted by Gasteiger charge is -2.22. The molecule has 1 aromatic carbocycles. The Morgan fingerprint density at radius 1 is 1.24 bits per heavy atom. The number of amides is 1. The Morgan fingerprint density at radius 3 is 2.41 bits per heavy atom. The molecule has 0 N–H and O–H groups in total. The van der Waals surface area contributed by atoms with Crippen LogP contribution in [0, 0.1) is 5.92 Å². The molecule has 0 saturated carbocycles. The number of hydrogen-bond acceptors (Lipinski definition) is 1. The van der Waals surface area contributed by atoms with Gasteiger partial charge >= 0.3 is 0 Å². The summed E-state index contributed by atoms with van der Waals surface area (Å²) in [7, 11) is 0. The van der Waals surface area contributed by atoms with Crippen molar-refractivity contribution in [3.05, 3.63) is 35.9 Å². The van der Waals surface area contributed by atoms with Crippen LogP contribution < -0.4 is 0 Å². The van der Waals surface area contributed by atoms with Crippen molar-refractivity contribution in [3.63, 3.8) is 0 Å². The number of carbonyl (C=O) groups is 1. The van der Waals surface area contributed by atoms with Gasteiger partial charge in [-0.15, -0.1) is 0 Å². The van der Waals surface area contributed by atoms with Crippen molar-refractivity contribution < 1.29 is 4.79 Å². The van der Waals surface area contributed by atoms with Gasteiger partial charge in [-0.2, -0.15) is 0 Å². The largest absolute Gasteiger partial charge is 0.343 e. The van der Waals surface area contributed by atoms with E-state index in [1.807, 2.05) is 30.0 Å². The predicted octanol–water partition coefficient (Wildman–Crippen LogP) is 3.12. The van der Waals surface area contributed by atoms with Gasteiger partial charge in [0.2, 0.25) is 5.91 Å². The van der Waals surface area contributed by atoms with E-state index in [2.05, 4.69) is 26.0 Å². The van der Waals surface area contributed by atoms with E-state index in [0.717, 1.165) is 19.5 Å². The molecule has 0 spiro atoms. The van der Waals surface area contributed by atoms with Crippen LogP contribution in [-0.4, -0.2) is 23.9 Å². The molecule has 2 heteroatoms.